The van der Waals surface area contributed by atoms with E-state index in [0.717, 1.165) is 30.3 Å². The van der Waals surface area contributed by atoms with Gasteiger partial charge in [-0.25, -0.2) is 13.6 Å². The number of primary sulfonamides is 1. The summed E-state index contributed by atoms with van der Waals surface area (Å²) in [6.45, 7) is 0. The molecule has 0 saturated heterocycles. The third kappa shape index (κ3) is 4.25. The molecule has 0 atom stereocenters. The second kappa shape index (κ2) is 6.42. The molecule has 0 aromatic heterocycles. The topological polar surface area (TPSA) is 89.3 Å². The molecule has 0 fully saturated rings. The molecule has 2 aromatic carbocycles. The van der Waals surface area contributed by atoms with Gasteiger partial charge in [0.15, 0.2) is 0 Å². The first-order chi connectivity index (χ1) is 11.0. The van der Waals surface area contributed by atoms with E-state index in [0.29, 0.717) is 0 Å². The third-order valence-corrected chi connectivity index (χ3v) is 4.34. The van der Waals surface area contributed by atoms with E-state index >= 15 is 0 Å². The van der Waals surface area contributed by atoms with Gasteiger partial charge >= 0.3 is 6.18 Å². The fraction of sp³-hybridized carbons (Fsp3) is 0.0714. The predicted octanol–water partition coefficient (Wildman–Crippen LogP) is 3.26. The van der Waals surface area contributed by atoms with Crippen molar-refractivity contribution in [3.63, 3.8) is 0 Å². The highest BCUT2D eigenvalue weighted by Crippen LogP contribution is 2.31. The molecule has 0 unspecified atom stereocenters. The maximum absolute atomic E-state index is 12.6. The lowest BCUT2D eigenvalue weighted by molar-refractivity contribution is -0.137. The van der Waals surface area contributed by atoms with Crippen LogP contribution in [0.1, 0.15) is 15.9 Å². The molecular weight excluding hydrogens is 369 g/mol. The molecular formula is C14H10ClF3N2O3S. The lowest BCUT2D eigenvalue weighted by Crippen LogP contribution is -2.16. The van der Waals surface area contributed by atoms with Gasteiger partial charge in [-0.2, -0.15) is 13.2 Å². The van der Waals surface area contributed by atoms with Crippen molar-refractivity contribution in [3.8, 4) is 0 Å². The largest absolute Gasteiger partial charge is 0.416 e. The molecule has 2 aromatic rings. The molecule has 5 nitrogen and oxygen atoms in total. The minimum absolute atomic E-state index is 0.0954. The number of hydrogen-bond acceptors (Lipinski definition) is 3. The van der Waals surface area contributed by atoms with Gasteiger partial charge in [0.25, 0.3) is 5.91 Å². The number of carbonyl (C=O) groups is 1. The van der Waals surface area contributed by atoms with Crippen molar-refractivity contribution in [3.05, 3.63) is 58.6 Å². The van der Waals surface area contributed by atoms with Crippen molar-refractivity contribution >= 4 is 33.2 Å². The molecule has 0 aliphatic rings. The number of hydrogen-bond donors (Lipinski definition) is 2. The van der Waals surface area contributed by atoms with Crippen LogP contribution in [-0.4, -0.2) is 14.3 Å². The van der Waals surface area contributed by atoms with Gasteiger partial charge in [-0.05, 0) is 36.4 Å². The number of anilines is 1. The fourth-order valence-electron chi connectivity index (χ4n) is 1.84. The van der Waals surface area contributed by atoms with Crippen molar-refractivity contribution in [2.24, 2.45) is 5.14 Å². The quantitative estimate of drug-likeness (QED) is 0.859. The maximum Gasteiger partial charge on any atom is 0.416 e. The Hall–Kier alpha value is -2.10. The number of rotatable bonds is 3. The number of carbonyl (C=O) groups excluding carboxylic acids is 1. The Morgan fingerprint density at radius 3 is 2.38 bits per heavy atom. The van der Waals surface area contributed by atoms with E-state index in [1.54, 1.807) is 0 Å². The van der Waals surface area contributed by atoms with Gasteiger partial charge in [0.1, 0.15) is 4.90 Å². The fourth-order valence-corrected chi connectivity index (χ4v) is 2.91. The number of halogens is 4. The zero-order chi connectivity index (χ0) is 18.1. The summed E-state index contributed by atoms with van der Waals surface area (Å²) >= 11 is 5.70. The molecule has 0 radical (unpaired) electrons. The monoisotopic (exact) mass is 378 g/mol. The molecule has 1 amide bonds. The van der Waals surface area contributed by atoms with E-state index in [2.05, 4.69) is 5.32 Å². The van der Waals surface area contributed by atoms with Crippen molar-refractivity contribution in [2.45, 2.75) is 11.1 Å². The van der Waals surface area contributed by atoms with Gasteiger partial charge in [0.2, 0.25) is 10.0 Å². The lowest BCUT2D eigenvalue weighted by Gasteiger charge is -2.10. The average molecular weight is 379 g/mol. The summed E-state index contributed by atoms with van der Waals surface area (Å²) < 4.78 is 60.7. The number of alkyl halides is 3. The molecule has 0 heterocycles. The minimum atomic E-state index is -4.55. The smallest absolute Gasteiger partial charge is 0.322 e. The van der Waals surface area contributed by atoms with Crippen LogP contribution in [0.25, 0.3) is 0 Å². The molecule has 3 N–H and O–H groups in total. The van der Waals surface area contributed by atoms with E-state index in [4.69, 9.17) is 16.7 Å². The molecule has 0 saturated carbocycles. The number of benzene rings is 2. The van der Waals surface area contributed by atoms with Gasteiger partial charge in [-0.1, -0.05) is 17.7 Å². The standard InChI is InChI=1S/C14H10ClF3N2O3S/c15-11-5-4-8(6-12(11)24(19,22)23)13(21)20-10-3-1-2-9(7-10)14(16,17)18/h1-7H,(H,20,21)(H2,19,22,23). The van der Waals surface area contributed by atoms with Crippen LogP contribution in [0.5, 0.6) is 0 Å². The Labute approximate surface area is 140 Å². The molecule has 0 aliphatic carbocycles. The van der Waals surface area contributed by atoms with Gasteiger partial charge in [0, 0.05) is 11.3 Å². The predicted molar refractivity (Wildman–Crippen MR) is 82.2 cm³/mol. The summed E-state index contributed by atoms with van der Waals surface area (Å²) in [6.07, 6.45) is -4.55. The van der Waals surface area contributed by atoms with E-state index in [9.17, 15) is 26.4 Å². The molecule has 2 rings (SSSR count). The van der Waals surface area contributed by atoms with E-state index in [1.165, 1.54) is 12.1 Å². The summed E-state index contributed by atoms with van der Waals surface area (Å²) in [5.41, 5.74) is -1.15. The van der Waals surface area contributed by atoms with Gasteiger partial charge in [-0.15, -0.1) is 0 Å². The van der Waals surface area contributed by atoms with Gasteiger partial charge in [-0.3, -0.25) is 4.79 Å². The van der Waals surface area contributed by atoms with E-state index in [1.807, 2.05) is 0 Å². The van der Waals surface area contributed by atoms with Crippen LogP contribution in [0, 0.1) is 0 Å². The van der Waals surface area contributed by atoms with Crippen molar-refractivity contribution < 1.29 is 26.4 Å². The molecule has 0 spiro atoms. The van der Waals surface area contributed by atoms with Crippen LogP contribution in [0.4, 0.5) is 18.9 Å². The minimum Gasteiger partial charge on any atom is -0.322 e. The average Bonchev–Trinajstić information content (AvgIpc) is 2.45. The number of nitrogens with two attached hydrogens (primary N) is 1. The van der Waals surface area contributed by atoms with E-state index < -0.39 is 32.6 Å². The maximum atomic E-state index is 12.6. The highest BCUT2D eigenvalue weighted by atomic mass is 35.5. The first-order valence-corrected chi connectivity index (χ1v) is 8.22. The highest BCUT2D eigenvalue weighted by Gasteiger charge is 2.30. The normalized spacial score (nSPS) is 12.0. The Balaban J connectivity index is 2.31. The van der Waals surface area contributed by atoms with Crippen LogP contribution in [-0.2, 0) is 16.2 Å². The Morgan fingerprint density at radius 1 is 1.12 bits per heavy atom. The number of sulfonamides is 1. The zero-order valence-electron chi connectivity index (χ0n) is 11.8. The molecule has 0 aliphatic heterocycles. The molecule has 24 heavy (non-hydrogen) atoms. The Bertz CT molecular complexity index is 898. The molecule has 10 heteroatoms. The SMILES string of the molecule is NS(=O)(=O)c1cc(C(=O)Nc2cccc(C(F)(F)F)c2)ccc1Cl. The molecule has 128 valence electrons. The van der Waals surface area contributed by atoms with Crippen molar-refractivity contribution in [1.82, 2.24) is 0 Å². The first kappa shape index (κ1) is 18.2. The van der Waals surface area contributed by atoms with Crippen molar-refractivity contribution in [1.29, 1.82) is 0 Å². The Kier molecular flexibility index (Phi) is 4.88. The second-order valence-electron chi connectivity index (χ2n) is 4.72. The summed E-state index contributed by atoms with van der Waals surface area (Å²) in [6, 6.07) is 7.34. The summed E-state index contributed by atoms with van der Waals surface area (Å²) in [5, 5.41) is 7.06. The van der Waals surface area contributed by atoms with Crippen molar-refractivity contribution in [2.75, 3.05) is 5.32 Å². The first-order valence-electron chi connectivity index (χ1n) is 6.29. The van der Waals surface area contributed by atoms with Crippen LogP contribution in [0.3, 0.4) is 0 Å². The summed E-state index contributed by atoms with van der Waals surface area (Å²) in [7, 11) is -4.15. The number of amides is 1. The van der Waals surface area contributed by atoms with Crippen LogP contribution >= 0.6 is 11.6 Å². The summed E-state index contributed by atoms with van der Waals surface area (Å²) in [4.78, 5) is 11.6. The lowest BCUT2D eigenvalue weighted by atomic mass is 10.1. The third-order valence-electron chi connectivity index (χ3n) is 2.95. The van der Waals surface area contributed by atoms with Crippen LogP contribution in [0.2, 0.25) is 5.02 Å². The van der Waals surface area contributed by atoms with Gasteiger partial charge in [0.05, 0.1) is 10.6 Å². The van der Waals surface area contributed by atoms with Crippen LogP contribution < -0.4 is 10.5 Å². The number of nitrogens with one attached hydrogen (secondary N) is 1. The zero-order valence-corrected chi connectivity index (χ0v) is 13.3. The summed E-state index contributed by atoms with van der Waals surface area (Å²) in [5.74, 6) is -0.809. The highest BCUT2D eigenvalue weighted by molar-refractivity contribution is 7.89. The van der Waals surface area contributed by atoms with Gasteiger partial charge < -0.3 is 5.32 Å². The van der Waals surface area contributed by atoms with E-state index in [-0.39, 0.29) is 16.3 Å². The van der Waals surface area contributed by atoms with Crippen LogP contribution in [0.15, 0.2) is 47.4 Å². The Morgan fingerprint density at radius 2 is 1.79 bits per heavy atom. The second-order valence-corrected chi connectivity index (χ2v) is 6.66. The molecule has 0 bridgehead atoms.